The van der Waals surface area contributed by atoms with Crippen LogP contribution in [0.2, 0.25) is 0 Å². The number of nitrogens with zero attached hydrogens (tertiary/aromatic N) is 1. The molecular weight excluding hydrogens is 238 g/mol. The minimum atomic E-state index is -0.267. The molecule has 96 valence electrons. The molecule has 0 radical (unpaired) electrons. The van der Waals surface area contributed by atoms with Crippen LogP contribution in [0.25, 0.3) is 0 Å². The second-order valence-electron chi connectivity index (χ2n) is 4.09. The third-order valence-corrected chi connectivity index (χ3v) is 2.85. The maximum atomic E-state index is 12.3. The SMILES string of the molecule is CCN(C(=O)c1ccccc1)C(=O)c1ccccc1. The molecule has 0 saturated heterocycles. The minimum absolute atomic E-state index is 0.267. The number of hydrogen-bond acceptors (Lipinski definition) is 2. The van der Waals surface area contributed by atoms with Crippen molar-refractivity contribution in [1.29, 1.82) is 0 Å². The molecule has 0 fully saturated rings. The number of amides is 2. The lowest BCUT2D eigenvalue weighted by atomic mass is 10.1. The van der Waals surface area contributed by atoms with Crippen LogP contribution < -0.4 is 0 Å². The molecular formula is C16H15NO2. The summed E-state index contributed by atoms with van der Waals surface area (Å²) in [5, 5.41) is 0. The molecule has 0 unspecified atom stereocenters. The Labute approximate surface area is 112 Å². The van der Waals surface area contributed by atoms with Crippen LogP contribution in [0.1, 0.15) is 27.6 Å². The molecule has 0 atom stereocenters. The van der Waals surface area contributed by atoms with Gasteiger partial charge in [0.15, 0.2) is 0 Å². The molecule has 0 N–H and O–H groups in total. The van der Waals surface area contributed by atoms with Gasteiger partial charge in [0.25, 0.3) is 11.8 Å². The van der Waals surface area contributed by atoms with Gasteiger partial charge >= 0.3 is 0 Å². The van der Waals surface area contributed by atoms with Crippen LogP contribution in [-0.2, 0) is 0 Å². The van der Waals surface area contributed by atoms with Gasteiger partial charge in [-0.25, -0.2) is 0 Å². The maximum absolute atomic E-state index is 12.3. The summed E-state index contributed by atoms with van der Waals surface area (Å²) in [6.07, 6.45) is 0. The van der Waals surface area contributed by atoms with Gasteiger partial charge in [-0.05, 0) is 31.2 Å². The summed E-state index contributed by atoms with van der Waals surface area (Å²) in [6.45, 7) is 2.14. The number of carbonyl (C=O) groups is 2. The number of carbonyl (C=O) groups excluding carboxylic acids is 2. The predicted octanol–water partition coefficient (Wildman–Crippen LogP) is 2.99. The third-order valence-electron chi connectivity index (χ3n) is 2.85. The molecule has 0 saturated carbocycles. The highest BCUT2D eigenvalue weighted by atomic mass is 16.2. The van der Waals surface area contributed by atoms with Gasteiger partial charge in [0, 0.05) is 17.7 Å². The Morgan fingerprint density at radius 1 is 0.789 bits per heavy atom. The van der Waals surface area contributed by atoms with Gasteiger partial charge in [-0.2, -0.15) is 0 Å². The van der Waals surface area contributed by atoms with Crippen molar-refractivity contribution in [2.24, 2.45) is 0 Å². The van der Waals surface area contributed by atoms with E-state index in [0.717, 1.165) is 0 Å². The molecule has 0 spiro atoms. The molecule has 19 heavy (non-hydrogen) atoms. The Morgan fingerprint density at radius 2 is 1.16 bits per heavy atom. The van der Waals surface area contributed by atoms with E-state index in [9.17, 15) is 9.59 Å². The summed E-state index contributed by atoms with van der Waals surface area (Å²) >= 11 is 0. The molecule has 2 amide bonds. The first kappa shape index (κ1) is 13.0. The molecule has 2 aromatic carbocycles. The van der Waals surface area contributed by atoms with Gasteiger partial charge in [0.1, 0.15) is 0 Å². The molecule has 0 aliphatic carbocycles. The highest BCUT2D eigenvalue weighted by molar-refractivity contribution is 6.10. The zero-order chi connectivity index (χ0) is 13.7. The lowest BCUT2D eigenvalue weighted by Crippen LogP contribution is -2.36. The molecule has 0 aliphatic heterocycles. The van der Waals surface area contributed by atoms with Crippen molar-refractivity contribution in [2.75, 3.05) is 6.54 Å². The van der Waals surface area contributed by atoms with E-state index in [1.165, 1.54) is 4.90 Å². The van der Waals surface area contributed by atoms with Crippen molar-refractivity contribution in [3.63, 3.8) is 0 Å². The summed E-state index contributed by atoms with van der Waals surface area (Å²) in [6, 6.07) is 17.7. The van der Waals surface area contributed by atoms with Crippen molar-refractivity contribution in [3.05, 3.63) is 71.8 Å². The first-order valence-corrected chi connectivity index (χ1v) is 6.20. The first-order chi connectivity index (χ1) is 9.24. The number of imide groups is 1. The van der Waals surface area contributed by atoms with Crippen LogP contribution >= 0.6 is 0 Å². The van der Waals surface area contributed by atoms with Crippen LogP contribution in [0.5, 0.6) is 0 Å². The van der Waals surface area contributed by atoms with E-state index in [1.807, 2.05) is 12.1 Å². The monoisotopic (exact) mass is 253 g/mol. The van der Waals surface area contributed by atoms with E-state index in [0.29, 0.717) is 17.7 Å². The normalized spacial score (nSPS) is 9.95. The van der Waals surface area contributed by atoms with Gasteiger partial charge in [0.05, 0.1) is 0 Å². The smallest absolute Gasteiger partial charge is 0.260 e. The van der Waals surface area contributed by atoms with E-state index in [2.05, 4.69) is 0 Å². The standard InChI is InChI=1S/C16H15NO2/c1-2-17(15(18)13-9-5-3-6-10-13)16(19)14-11-7-4-8-12-14/h3-12H,2H2,1H3. The third kappa shape index (κ3) is 2.88. The number of hydrogen-bond donors (Lipinski definition) is 0. The van der Waals surface area contributed by atoms with Gasteiger partial charge in [-0.1, -0.05) is 36.4 Å². The summed E-state index contributed by atoms with van der Waals surface area (Å²) in [7, 11) is 0. The summed E-state index contributed by atoms with van der Waals surface area (Å²) < 4.78 is 0. The van der Waals surface area contributed by atoms with Crippen LogP contribution in [0, 0.1) is 0 Å². The van der Waals surface area contributed by atoms with Crippen LogP contribution in [0.3, 0.4) is 0 Å². The fourth-order valence-corrected chi connectivity index (χ4v) is 1.85. The highest BCUT2D eigenvalue weighted by Gasteiger charge is 2.21. The quantitative estimate of drug-likeness (QED) is 0.788. The highest BCUT2D eigenvalue weighted by Crippen LogP contribution is 2.10. The molecule has 0 aliphatic rings. The lowest BCUT2D eigenvalue weighted by molar-refractivity contribution is 0.0625. The zero-order valence-corrected chi connectivity index (χ0v) is 10.7. The van der Waals surface area contributed by atoms with E-state index in [4.69, 9.17) is 0 Å². The fourth-order valence-electron chi connectivity index (χ4n) is 1.85. The van der Waals surface area contributed by atoms with Crippen molar-refractivity contribution in [3.8, 4) is 0 Å². The molecule has 2 aromatic rings. The Kier molecular flexibility index (Phi) is 4.08. The minimum Gasteiger partial charge on any atom is -0.275 e. The summed E-state index contributed by atoms with van der Waals surface area (Å²) in [5.41, 5.74) is 1.04. The maximum Gasteiger partial charge on any atom is 0.260 e. The second kappa shape index (κ2) is 5.96. The average molecular weight is 253 g/mol. The topological polar surface area (TPSA) is 37.4 Å². The van der Waals surface area contributed by atoms with Gasteiger partial charge < -0.3 is 0 Å². The Bertz CT molecular complexity index is 512. The molecule has 0 heterocycles. The van der Waals surface area contributed by atoms with Crippen molar-refractivity contribution in [2.45, 2.75) is 6.92 Å². The molecule has 0 bridgehead atoms. The average Bonchev–Trinajstić information content (AvgIpc) is 2.49. The number of benzene rings is 2. The van der Waals surface area contributed by atoms with Crippen LogP contribution in [-0.4, -0.2) is 23.3 Å². The molecule has 0 aromatic heterocycles. The van der Waals surface area contributed by atoms with E-state index in [1.54, 1.807) is 55.5 Å². The van der Waals surface area contributed by atoms with Crippen molar-refractivity contribution < 1.29 is 9.59 Å². The lowest BCUT2D eigenvalue weighted by Gasteiger charge is -2.19. The van der Waals surface area contributed by atoms with Gasteiger partial charge in [-0.15, -0.1) is 0 Å². The number of rotatable bonds is 3. The molecule has 3 nitrogen and oxygen atoms in total. The second-order valence-corrected chi connectivity index (χ2v) is 4.09. The van der Waals surface area contributed by atoms with Crippen molar-refractivity contribution >= 4 is 11.8 Å². The summed E-state index contributed by atoms with van der Waals surface area (Å²) in [5.74, 6) is -0.533. The summed E-state index contributed by atoms with van der Waals surface area (Å²) in [4.78, 5) is 25.8. The van der Waals surface area contributed by atoms with Gasteiger partial charge in [0.2, 0.25) is 0 Å². The zero-order valence-electron chi connectivity index (χ0n) is 10.7. The Hall–Kier alpha value is -2.42. The molecule has 2 rings (SSSR count). The van der Waals surface area contributed by atoms with E-state index in [-0.39, 0.29) is 11.8 Å². The van der Waals surface area contributed by atoms with Crippen molar-refractivity contribution in [1.82, 2.24) is 4.90 Å². The van der Waals surface area contributed by atoms with Crippen LogP contribution in [0.4, 0.5) is 0 Å². The fraction of sp³-hybridized carbons (Fsp3) is 0.125. The first-order valence-electron chi connectivity index (χ1n) is 6.20. The van der Waals surface area contributed by atoms with E-state index >= 15 is 0 Å². The van der Waals surface area contributed by atoms with Crippen LogP contribution in [0.15, 0.2) is 60.7 Å². The van der Waals surface area contributed by atoms with E-state index < -0.39 is 0 Å². The Balaban J connectivity index is 2.26. The molecule has 3 heteroatoms. The van der Waals surface area contributed by atoms with Gasteiger partial charge in [-0.3, -0.25) is 14.5 Å². The predicted molar refractivity (Wildman–Crippen MR) is 73.9 cm³/mol. The Morgan fingerprint density at radius 3 is 1.47 bits per heavy atom. The largest absolute Gasteiger partial charge is 0.275 e.